The average molecular weight is 380 g/mol. The van der Waals surface area contributed by atoms with Crippen LogP contribution in [-0.4, -0.2) is 26.8 Å². The number of aryl methyl sites for hydroxylation is 3. The van der Waals surface area contributed by atoms with E-state index in [1.54, 1.807) is 6.20 Å². The van der Waals surface area contributed by atoms with Crippen LogP contribution in [0.25, 0.3) is 0 Å². The van der Waals surface area contributed by atoms with Gasteiger partial charge >= 0.3 is 0 Å². The number of amides is 1. The van der Waals surface area contributed by atoms with Crippen LogP contribution in [0.15, 0.2) is 54.7 Å². The van der Waals surface area contributed by atoms with Gasteiger partial charge in [0.25, 0.3) is 5.91 Å². The fraction of sp³-hybridized carbons (Fsp3) is 0.318. The lowest BCUT2D eigenvalue weighted by molar-refractivity contribution is 0.0669. The number of hydrogen-bond donors (Lipinski definition) is 0. The monoisotopic (exact) mass is 379 g/mol. The lowest BCUT2D eigenvalue weighted by atomic mass is 10.0. The predicted molar refractivity (Wildman–Crippen MR) is 110 cm³/mol. The van der Waals surface area contributed by atoms with Crippen molar-refractivity contribution >= 4 is 17.2 Å². The first-order valence-corrected chi connectivity index (χ1v) is 10.0. The molecule has 5 heteroatoms. The fourth-order valence-electron chi connectivity index (χ4n) is 3.13. The minimum absolute atomic E-state index is 0.0457. The maximum atomic E-state index is 13.3. The first-order chi connectivity index (χ1) is 13.0. The van der Waals surface area contributed by atoms with E-state index in [2.05, 4.69) is 41.2 Å². The maximum Gasteiger partial charge on any atom is 0.266 e. The molecule has 0 saturated carbocycles. The molecule has 1 aromatic carbocycles. The normalized spacial score (nSPS) is 12.0. The summed E-state index contributed by atoms with van der Waals surface area (Å²) in [5.41, 5.74) is 3.00. The lowest BCUT2D eigenvalue weighted by Gasteiger charge is -2.29. The van der Waals surface area contributed by atoms with Crippen LogP contribution in [0.1, 0.15) is 45.0 Å². The zero-order valence-corrected chi connectivity index (χ0v) is 16.9. The van der Waals surface area contributed by atoms with Gasteiger partial charge in [-0.15, -0.1) is 11.3 Å². The van der Waals surface area contributed by atoms with Crippen LogP contribution in [-0.2, 0) is 13.0 Å². The van der Waals surface area contributed by atoms with Crippen molar-refractivity contribution in [2.45, 2.75) is 46.2 Å². The van der Waals surface area contributed by atoms with E-state index in [9.17, 15) is 4.79 Å². The van der Waals surface area contributed by atoms with Gasteiger partial charge in [-0.25, -0.2) is 4.98 Å². The van der Waals surface area contributed by atoms with E-state index >= 15 is 0 Å². The zero-order chi connectivity index (χ0) is 19.2. The SMILES string of the molecule is Cc1nc(C)c(C(=O)N(Cc2ccccn2)C(C)CCc2ccccc2)s1. The highest BCUT2D eigenvalue weighted by Crippen LogP contribution is 2.23. The Bertz CT molecular complexity index is 877. The number of carbonyl (C=O) groups excluding carboxylic acids is 1. The summed E-state index contributed by atoms with van der Waals surface area (Å²) in [5, 5.41) is 0.922. The molecule has 2 heterocycles. The molecule has 27 heavy (non-hydrogen) atoms. The van der Waals surface area contributed by atoms with E-state index in [1.165, 1.54) is 16.9 Å². The summed E-state index contributed by atoms with van der Waals surface area (Å²) in [6.07, 6.45) is 3.61. The van der Waals surface area contributed by atoms with Crippen molar-refractivity contribution in [3.8, 4) is 0 Å². The lowest BCUT2D eigenvalue weighted by Crippen LogP contribution is -2.38. The number of hydrogen-bond acceptors (Lipinski definition) is 4. The summed E-state index contributed by atoms with van der Waals surface area (Å²) in [6, 6.07) is 16.3. The van der Waals surface area contributed by atoms with Crippen molar-refractivity contribution in [2.24, 2.45) is 0 Å². The van der Waals surface area contributed by atoms with Crippen LogP contribution in [0.4, 0.5) is 0 Å². The first-order valence-electron chi connectivity index (χ1n) is 9.23. The van der Waals surface area contributed by atoms with Crippen molar-refractivity contribution in [2.75, 3.05) is 0 Å². The molecule has 3 rings (SSSR count). The summed E-state index contributed by atoms with van der Waals surface area (Å²) in [4.78, 5) is 24.8. The van der Waals surface area contributed by atoms with E-state index in [0.29, 0.717) is 6.54 Å². The molecule has 0 fully saturated rings. The van der Waals surface area contributed by atoms with Gasteiger partial charge in [0.15, 0.2) is 0 Å². The van der Waals surface area contributed by atoms with Gasteiger partial charge in [-0.3, -0.25) is 9.78 Å². The Morgan fingerprint density at radius 3 is 2.48 bits per heavy atom. The van der Waals surface area contributed by atoms with Gasteiger partial charge in [0.1, 0.15) is 4.88 Å². The third kappa shape index (κ3) is 5.01. The van der Waals surface area contributed by atoms with Gasteiger partial charge in [-0.05, 0) is 51.3 Å². The number of pyridine rings is 1. The fourth-order valence-corrected chi connectivity index (χ4v) is 4.01. The molecule has 3 aromatic rings. The molecule has 1 unspecified atom stereocenters. The van der Waals surface area contributed by atoms with Crippen LogP contribution in [0.2, 0.25) is 0 Å². The minimum Gasteiger partial charge on any atom is -0.329 e. The second-order valence-corrected chi connectivity index (χ2v) is 7.98. The zero-order valence-electron chi connectivity index (χ0n) is 16.1. The van der Waals surface area contributed by atoms with Crippen LogP contribution < -0.4 is 0 Å². The van der Waals surface area contributed by atoms with E-state index in [0.717, 1.165) is 34.1 Å². The molecule has 0 aliphatic heterocycles. The summed E-state index contributed by atoms with van der Waals surface area (Å²) in [7, 11) is 0. The molecule has 0 N–H and O–H groups in total. The molecule has 0 spiro atoms. The summed E-state index contributed by atoms with van der Waals surface area (Å²) >= 11 is 1.47. The Hall–Kier alpha value is -2.53. The largest absolute Gasteiger partial charge is 0.329 e. The molecule has 0 bridgehead atoms. The molecular formula is C22H25N3OS. The number of nitrogens with zero attached hydrogens (tertiary/aromatic N) is 3. The topological polar surface area (TPSA) is 46.1 Å². The Morgan fingerprint density at radius 1 is 1.11 bits per heavy atom. The second kappa shape index (κ2) is 8.91. The summed E-state index contributed by atoms with van der Waals surface area (Å²) in [5.74, 6) is 0.0457. The number of rotatable bonds is 7. The van der Waals surface area contributed by atoms with Crippen molar-refractivity contribution in [3.05, 3.63) is 81.6 Å². The van der Waals surface area contributed by atoms with Crippen LogP contribution in [0.5, 0.6) is 0 Å². The highest BCUT2D eigenvalue weighted by Gasteiger charge is 2.25. The molecule has 0 aliphatic rings. The van der Waals surface area contributed by atoms with Gasteiger partial charge in [-0.1, -0.05) is 36.4 Å². The molecular weight excluding hydrogens is 354 g/mol. The molecule has 0 saturated heterocycles. The van der Waals surface area contributed by atoms with Gasteiger partial charge in [0.2, 0.25) is 0 Å². The Labute approximate surface area is 164 Å². The van der Waals surface area contributed by atoms with Crippen LogP contribution >= 0.6 is 11.3 Å². The van der Waals surface area contributed by atoms with Crippen molar-refractivity contribution < 1.29 is 4.79 Å². The molecule has 4 nitrogen and oxygen atoms in total. The van der Waals surface area contributed by atoms with E-state index in [1.807, 2.05) is 43.0 Å². The highest BCUT2D eigenvalue weighted by atomic mass is 32.1. The second-order valence-electron chi connectivity index (χ2n) is 6.77. The van der Waals surface area contributed by atoms with Gasteiger partial charge in [0.05, 0.1) is 22.9 Å². The molecule has 0 aliphatic carbocycles. The molecule has 0 radical (unpaired) electrons. The number of benzene rings is 1. The molecule has 1 amide bonds. The number of carbonyl (C=O) groups is 1. The van der Waals surface area contributed by atoms with Gasteiger partial charge in [-0.2, -0.15) is 0 Å². The number of aromatic nitrogens is 2. The summed E-state index contributed by atoms with van der Waals surface area (Å²) < 4.78 is 0. The van der Waals surface area contributed by atoms with Crippen LogP contribution in [0.3, 0.4) is 0 Å². The Balaban J connectivity index is 1.80. The first kappa shape index (κ1) is 19.2. The average Bonchev–Trinajstić information content (AvgIpc) is 3.03. The van der Waals surface area contributed by atoms with Crippen molar-refractivity contribution in [1.29, 1.82) is 0 Å². The number of thiazole rings is 1. The molecule has 1 atom stereocenters. The smallest absolute Gasteiger partial charge is 0.266 e. The van der Waals surface area contributed by atoms with E-state index in [4.69, 9.17) is 0 Å². The minimum atomic E-state index is 0.0457. The third-order valence-electron chi connectivity index (χ3n) is 4.64. The quantitative estimate of drug-likeness (QED) is 0.591. The summed E-state index contributed by atoms with van der Waals surface area (Å²) in [6.45, 7) is 6.47. The molecule has 2 aromatic heterocycles. The van der Waals surface area contributed by atoms with E-state index < -0.39 is 0 Å². The Kier molecular flexibility index (Phi) is 6.35. The maximum absolute atomic E-state index is 13.3. The highest BCUT2D eigenvalue weighted by molar-refractivity contribution is 7.13. The third-order valence-corrected chi connectivity index (χ3v) is 5.70. The molecule has 140 valence electrons. The van der Waals surface area contributed by atoms with E-state index in [-0.39, 0.29) is 11.9 Å². The van der Waals surface area contributed by atoms with Crippen LogP contribution in [0, 0.1) is 13.8 Å². The predicted octanol–water partition coefficient (Wildman–Crippen LogP) is 4.82. The van der Waals surface area contributed by atoms with Crippen molar-refractivity contribution in [3.63, 3.8) is 0 Å². The van der Waals surface area contributed by atoms with Gasteiger partial charge in [0, 0.05) is 12.2 Å². The Morgan fingerprint density at radius 2 is 1.85 bits per heavy atom. The van der Waals surface area contributed by atoms with Crippen molar-refractivity contribution in [1.82, 2.24) is 14.9 Å². The van der Waals surface area contributed by atoms with Gasteiger partial charge < -0.3 is 4.90 Å². The standard InChI is InChI=1S/C22H25N3OS/c1-16(12-13-19-9-5-4-6-10-19)25(15-20-11-7-8-14-23-20)22(26)21-17(2)24-18(3)27-21/h4-11,14,16H,12-13,15H2,1-3H3.